The van der Waals surface area contributed by atoms with Crippen LogP contribution in [0.1, 0.15) is 11.1 Å². The van der Waals surface area contributed by atoms with Gasteiger partial charge < -0.3 is 4.74 Å². The van der Waals surface area contributed by atoms with Crippen LogP contribution in [0.15, 0.2) is 48.7 Å². The van der Waals surface area contributed by atoms with Crippen LogP contribution >= 0.6 is 11.6 Å². The Morgan fingerprint density at radius 3 is 2.56 bits per heavy atom. The number of carbonyl (C=O) groups is 1. The van der Waals surface area contributed by atoms with E-state index in [1.165, 1.54) is 0 Å². The van der Waals surface area contributed by atoms with Gasteiger partial charge in [0.1, 0.15) is 11.8 Å². The van der Waals surface area contributed by atoms with E-state index in [4.69, 9.17) is 16.3 Å². The summed E-state index contributed by atoms with van der Waals surface area (Å²) in [5, 5.41) is 0.425. The Morgan fingerprint density at radius 1 is 1.11 bits per heavy atom. The van der Waals surface area contributed by atoms with Crippen LogP contribution in [0.3, 0.4) is 0 Å². The van der Waals surface area contributed by atoms with Crippen LogP contribution in [-0.2, 0) is 22.6 Å². The summed E-state index contributed by atoms with van der Waals surface area (Å²) in [5.74, 6) is -0.254. The van der Waals surface area contributed by atoms with Crippen molar-refractivity contribution in [1.82, 2.24) is 4.98 Å². The first-order valence-electron chi connectivity index (χ1n) is 5.54. The number of nitrogens with zero attached hydrogens (tertiary/aromatic N) is 1. The van der Waals surface area contributed by atoms with Crippen LogP contribution in [0.4, 0.5) is 0 Å². The van der Waals surface area contributed by atoms with E-state index in [0.717, 1.165) is 11.1 Å². The number of ether oxygens (including phenoxy) is 1. The number of aromatic nitrogens is 1. The smallest absolute Gasteiger partial charge is 0.310 e. The summed E-state index contributed by atoms with van der Waals surface area (Å²) in [5.41, 5.74) is 1.76. The topological polar surface area (TPSA) is 39.2 Å². The number of hydrogen-bond acceptors (Lipinski definition) is 3. The number of esters is 1. The zero-order chi connectivity index (χ0) is 12.8. The van der Waals surface area contributed by atoms with Gasteiger partial charge >= 0.3 is 5.97 Å². The summed E-state index contributed by atoms with van der Waals surface area (Å²) in [7, 11) is 0. The lowest BCUT2D eigenvalue weighted by Crippen LogP contribution is -2.08. The fourth-order valence-electron chi connectivity index (χ4n) is 1.47. The van der Waals surface area contributed by atoms with Crippen molar-refractivity contribution in [1.29, 1.82) is 0 Å². The Bertz CT molecular complexity index is 511. The van der Waals surface area contributed by atoms with Crippen molar-refractivity contribution in [3.8, 4) is 0 Å². The van der Waals surface area contributed by atoms with E-state index in [0.29, 0.717) is 5.15 Å². The molecule has 0 aliphatic heterocycles. The second-order valence-electron chi connectivity index (χ2n) is 3.81. The Balaban J connectivity index is 1.83. The second kappa shape index (κ2) is 6.17. The van der Waals surface area contributed by atoms with Gasteiger partial charge in [-0.3, -0.25) is 4.79 Å². The lowest BCUT2D eigenvalue weighted by Gasteiger charge is -2.04. The van der Waals surface area contributed by atoms with E-state index in [1.54, 1.807) is 18.3 Å². The molecule has 0 saturated carbocycles. The van der Waals surface area contributed by atoms with E-state index in [2.05, 4.69) is 4.98 Å². The molecule has 0 bridgehead atoms. The largest absolute Gasteiger partial charge is 0.460 e. The summed E-state index contributed by atoms with van der Waals surface area (Å²) in [6, 6.07) is 12.9. The van der Waals surface area contributed by atoms with Crippen molar-refractivity contribution in [2.45, 2.75) is 13.0 Å². The maximum Gasteiger partial charge on any atom is 0.310 e. The molecule has 3 nitrogen and oxygen atoms in total. The maximum atomic E-state index is 11.6. The highest BCUT2D eigenvalue weighted by molar-refractivity contribution is 6.29. The molecule has 0 aliphatic carbocycles. The average molecular weight is 262 g/mol. The SMILES string of the molecule is O=C(Cc1ccccc1)OCc1ccc(Cl)nc1. The summed E-state index contributed by atoms with van der Waals surface area (Å²) >= 11 is 5.66. The molecule has 4 heteroatoms. The van der Waals surface area contributed by atoms with Crippen molar-refractivity contribution in [3.05, 3.63) is 64.9 Å². The normalized spacial score (nSPS) is 10.1. The van der Waals surface area contributed by atoms with E-state index in [9.17, 15) is 4.79 Å². The molecule has 0 fully saturated rings. The van der Waals surface area contributed by atoms with Crippen LogP contribution in [0.25, 0.3) is 0 Å². The van der Waals surface area contributed by atoms with Gasteiger partial charge in [0, 0.05) is 11.8 Å². The number of hydrogen-bond donors (Lipinski definition) is 0. The summed E-state index contributed by atoms with van der Waals surface area (Å²) in [4.78, 5) is 15.5. The molecule has 2 rings (SSSR count). The highest BCUT2D eigenvalue weighted by Crippen LogP contribution is 2.07. The van der Waals surface area contributed by atoms with E-state index in [-0.39, 0.29) is 19.0 Å². The van der Waals surface area contributed by atoms with Crippen LogP contribution < -0.4 is 0 Å². The average Bonchev–Trinajstić information content (AvgIpc) is 2.39. The van der Waals surface area contributed by atoms with Gasteiger partial charge in [-0.1, -0.05) is 48.0 Å². The van der Waals surface area contributed by atoms with Crippen molar-refractivity contribution in [3.63, 3.8) is 0 Å². The van der Waals surface area contributed by atoms with Crippen molar-refractivity contribution in [2.24, 2.45) is 0 Å². The molecule has 18 heavy (non-hydrogen) atoms. The second-order valence-corrected chi connectivity index (χ2v) is 4.20. The van der Waals surface area contributed by atoms with Gasteiger partial charge in [-0.25, -0.2) is 4.98 Å². The zero-order valence-electron chi connectivity index (χ0n) is 9.67. The molecular formula is C14H12ClNO2. The fourth-order valence-corrected chi connectivity index (χ4v) is 1.58. The Labute approximate surface area is 110 Å². The monoisotopic (exact) mass is 261 g/mol. The third-order valence-electron chi connectivity index (χ3n) is 2.38. The molecule has 0 unspecified atom stereocenters. The minimum atomic E-state index is -0.254. The van der Waals surface area contributed by atoms with Gasteiger partial charge in [0.25, 0.3) is 0 Å². The molecule has 1 heterocycles. The van der Waals surface area contributed by atoms with Crippen LogP contribution in [0, 0.1) is 0 Å². The molecule has 0 radical (unpaired) electrons. The third kappa shape index (κ3) is 3.86. The predicted octanol–water partition coefficient (Wildman–Crippen LogP) is 3.02. The molecule has 0 aliphatic rings. The van der Waals surface area contributed by atoms with E-state index < -0.39 is 0 Å². The number of carbonyl (C=O) groups excluding carboxylic acids is 1. The molecule has 0 atom stereocenters. The first kappa shape index (κ1) is 12.6. The molecule has 2 aromatic rings. The van der Waals surface area contributed by atoms with Gasteiger partial charge in [-0.2, -0.15) is 0 Å². The minimum absolute atomic E-state index is 0.218. The summed E-state index contributed by atoms with van der Waals surface area (Å²) in [6.45, 7) is 0.218. The lowest BCUT2D eigenvalue weighted by molar-refractivity contribution is -0.144. The maximum absolute atomic E-state index is 11.6. The molecule has 1 aromatic heterocycles. The fraction of sp³-hybridized carbons (Fsp3) is 0.143. The molecule has 0 spiro atoms. The van der Waals surface area contributed by atoms with Crippen molar-refractivity contribution >= 4 is 17.6 Å². The zero-order valence-corrected chi connectivity index (χ0v) is 10.4. The summed E-state index contributed by atoms with van der Waals surface area (Å²) < 4.78 is 5.15. The van der Waals surface area contributed by atoms with Crippen molar-refractivity contribution in [2.75, 3.05) is 0 Å². The summed E-state index contributed by atoms with van der Waals surface area (Å²) in [6.07, 6.45) is 1.87. The Morgan fingerprint density at radius 2 is 1.89 bits per heavy atom. The molecule has 0 amide bonds. The van der Waals surface area contributed by atoms with Gasteiger partial charge in [0.05, 0.1) is 6.42 Å². The molecule has 0 saturated heterocycles. The first-order chi connectivity index (χ1) is 8.74. The first-order valence-corrected chi connectivity index (χ1v) is 5.92. The van der Waals surface area contributed by atoms with Gasteiger partial charge in [0.2, 0.25) is 0 Å². The lowest BCUT2D eigenvalue weighted by atomic mass is 10.2. The predicted molar refractivity (Wildman–Crippen MR) is 69.2 cm³/mol. The van der Waals surface area contributed by atoms with Crippen molar-refractivity contribution < 1.29 is 9.53 Å². The minimum Gasteiger partial charge on any atom is -0.460 e. The molecule has 1 aromatic carbocycles. The Kier molecular flexibility index (Phi) is 4.31. The van der Waals surface area contributed by atoms with Crippen LogP contribution in [0.5, 0.6) is 0 Å². The third-order valence-corrected chi connectivity index (χ3v) is 2.60. The van der Waals surface area contributed by atoms with E-state index >= 15 is 0 Å². The quantitative estimate of drug-likeness (QED) is 0.627. The van der Waals surface area contributed by atoms with E-state index in [1.807, 2.05) is 30.3 Å². The number of halogens is 1. The molecule has 0 N–H and O–H groups in total. The number of benzene rings is 1. The van der Waals surface area contributed by atoms with Crippen LogP contribution in [-0.4, -0.2) is 11.0 Å². The Hall–Kier alpha value is -1.87. The number of pyridine rings is 1. The number of rotatable bonds is 4. The molecule has 92 valence electrons. The highest BCUT2D eigenvalue weighted by Gasteiger charge is 2.05. The van der Waals surface area contributed by atoms with Gasteiger partial charge in [-0.05, 0) is 11.6 Å². The van der Waals surface area contributed by atoms with Crippen LogP contribution in [0.2, 0.25) is 5.15 Å². The van der Waals surface area contributed by atoms with Gasteiger partial charge in [0.15, 0.2) is 0 Å². The standard InChI is InChI=1S/C14H12ClNO2/c15-13-7-6-12(9-16-13)10-18-14(17)8-11-4-2-1-3-5-11/h1-7,9H,8,10H2. The molecular weight excluding hydrogens is 250 g/mol. The van der Waals surface area contributed by atoms with Gasteiger partial charge in [-0.15, -0.1) is 0 Å². The highest BCUT2D eigenvalue weighted by atomic mass is 35.5.